The van der Waals surface area contributed by atoms with Crippen LogP contribution in [0.1, 0.15) is 26.7 Å². The first-order valence-electron chi connectivity index (χ1n) is 4.58. The monoisotopic (exact) mass is 157 g/mol. The van der Waals surface area contributed by atoms with Crippen LogP contribution in [0.5, 0.6) is 0 Å². The van der Waals surface area contributed by atoms with E-state index in [0.29, 0.717) is 6.10 Å². The normalized spacial score (nSPS) is 20.7. The average Bonchev–Trinajstić information content (AvgIpc) is 1.95. The summed E-state index contributed by atoms with van der Waals surface area (Å²) in [6.07, 6.45) is 3.05. The van der Waals surface area contributed by atoms with Crippen LogP contribution in [0.25, 0.3) is 0 Å². The van der Waals surface area contributed by atoms with Crippen molar-refractivity contribution in [3.8, 4) is 0 Å². The molecule has 0 bridgehead atoms. The quantitative estimate of drug-likeness (QED) is 0.613. The van der Waals surface area contributed by atoms with E-state index in [1.807, 2.05) is 0 Å². The molecule has 1 aliphatic rings. The highest BCUT2D eigenvalue weighted by molar-refractivity contribution is 4.84. The summed E-state index contributed by atoms with van der Waals surface area (Å²) in [5.74, 6) is 0. The van der Waals surface area contributed by atoms with Crippen LogP contribution in [0.2, 0.25) is 0 Å². The van der Waals surface area contributed by atoms with Crippen LogP contribution in [0.4, 0.5) is 0 Å². The second-order valence-corrected chi connectivity index (χ2v) is 3.28. The third kappa shape index (κ3) is 1.94. The third-order valence-corrected chi connectivity index (χ3v) is 2.67. The molecule has 2 nitrogen and oxygen atoms in total. The Morgan fingerprint density at radius 2 is 1.91 bits per heavy atom. The van der Waals surface area contributed by atoms with Gasteiger partial charge < -0.3 is 4.74 Å². The molecule has 1 aliphatic heterocycles. The Kier molecular flexibility index (Phi) is 3.34. The van der Waals surface area contributed by atoms with Gasteiger partial charge in [-0.1, -0.05) is 13.8 Å². The van der Waals surface area contributed by atoms with Crippen LogP contribution < -0.4 is 0 Å². The molecule has 0 N–H and O–H groups in total. The molecule has 0 radical (unpaired) electrons. The highest BCUT2D eigenvalue weighted by Crippen LogP contribution is 2.18. The summed E-state index contributed by atoms with van der Waals surface area (Å²) in [6, 6.07) is 0.793. The number of hydrogen-bond donors (Lipinski definition) is 0. The van der Waals surface area contributed by atoms with E-state index < -0.39 is 0 Å². The van der Waals surface area contributed by atoms with Gasteiger partial charge in [0, 0.05) is 26.2 Å². The molecule has 11 heavy (non-hydrogen) atoms. The molecular formula is C9H19NO. The van der Waals surface area contributed by atoms with E-state index in [4.69, 9.17) is 4.74 Å². The number of rotatable bonds is 4. The number of likely N-dealkylation sites (tertiary alicyclic amines) is 1. The van der Waals surface area contributed by atoms with E-state index in [1.165, 1.54) is 12.8 Å². The van der Waals surface area contributed by atoms with Crippen molar-refractivity contribution in [1.29, 1.82) is 0 Å². The molecule has 0 atom stereocenters. The molecule has 0 spiro atoms. The fraction of sp³-hybridized carbons (Fsp3) is 1.00. The van der Waals surface area contributed by atoms with E-state index in [9.17, 15) is 0 Å². The van der Waals surface area contributed by atoms with E-state index in [0.717, 1.165) is 19.1 Å². The lowest BCUT2D eigenvalue weighted by Gasteiger charge is -2.43. The number of ether oxygens (including phenoxy) is 1. The van der Waals surface area contributed by atoms with Crippen molar-refractivity contribution in [3.63, 3.8) is 0 Å². The average molecular weight is 157 g/mol. The Morgan fingerprint density at radius 1 is 1.36 bits per heavy atom. The molecule has 1 heterocycles. The zero-order valence-electron chi connectivity index (χ0n) is 7.84. The van der Waals surface area contributed by atoms with Gasteiger partial charge in [0.2, 0.25) is 0 Å². The van der Waals surface area contributed by atoms with Gasteiger partial charge in [0.15, 0.2) is 0 Å². The fourth-order valence-corrected chi connectivity index (χ4v) is 1.72. The van der Waals surface area contributed by atoms with Crippen molar-refractivity contribution >= 4 is 0 Å². The van der Waals surface area contributed by atoms with Gasteiger partial charge in [0.05, 0.1) is 6.10 Å². The Labute approximate surface area is 69.5 Å². The summed E-state index contributed by atoms with van der Waals surface area (Å²) in [4.78, 5) is 2.51. The first kappa shape index (κ1) is 9.01. The van der Waals surface area contributed by atoms with E-state index >= 15 is 0 Å². The van der Waals surface area contributed by atoms with Gasteiger partial charge in [-0.05, 0) is 12.8 Å². The van der Waals surface area contributed by atoms with E-state index in [2.05, 4.69) is 18.7 Å². The molecule has 0 amide bonds. The molecule has 0 aliphatic carbocycles. The van der Waals surface area contributed by atoms with Crippen molar-refractivity contribution in [1.82, 2.24) is 4.90 Å². The van der Waals surface area contributed by atoms with Gasteiger partial charge >= 0.3 is 0 Å². The number of methoxy groups -OCH3 is 1. The van der Waals surface area contributed by atoms with Crippen LogP contribution >= 0.6 is 0 Å². The second-order valence-electron chi connectivity index (χ2n) is 3.28. The van der Waals surface area contributed by atoms with Gasteiger partial charge in [0.1, 0.15) is 0 Å². The topological polar surface area (TPSA) is 12.5 Å². The predicted molar refractivity (Wildman–Crippen MR) is 46.7 cm³/mol. The molecule has 2 heteroatoms. The van der Waals surface area contributed by atoms with Gasteiger partial charge in [-0.15, -0.1) is 0 Å². The second kappa shape index (κ2) is 4.07. The highest BCUT2D eigenvalue weighted by Gasteiger charge is 2.30. The Hall–Kier alpha value is -0.0800. The van der Waals surface area contributed by atoms with Crippen LogP contribution in [-0.4, -0.2) is 37.2 Å². The van der Waals surface area contributed by atoms with E-state index in [-0.39, 0.29) is 0 Å². The molecule has 0 aromatic heterocycles. The van der Waals surface area contributed by atoms with Crippen molar-refractivity contribution in [2.45, 2.75) is 38.8 Å². The Bertz CT molecular complexity index is 106. The summed E-state index contributed by atoms with van der Waals surface area (Å²) in [6.45, 7) is 6.80. The molecule has 66 valence electrons. The lowest BCUT2D eigenvalue weighted by molar-refractivity contribution is -0.0518. The maximum atomic E-state index is 5.21. The molecule has 0 aromatic rings. The lowest BCUT2D eigenvalue weighted by Crippen LogP contribution is -2.55. The standard InChI is InChI=1S/C9H19NO/c1-4-8(5-2)10-6-9(7-10)11-3/h8-9H,4-7H2,1-3H3. The van der Waals surface area contributed by atoms with Gasteiger partial charge in [-0.3, -0.25) is 4.90 Å². The summed E-state index contributed by atoms with van der Waals surface area (Å²) in [5, 5.41) is 0. The predicted octanol–water partition coefficient (Wildman–Crippen LogP) is 1.51. The molecule has 0 unspecified atom stereocenters. The van der Waals surface area contributed by atoms with Crippen molar-refractivity contribution < 1.29 is 4.74 Å². The van der Waals surface area contributed by atoms with Crippen LogP contribution in [0.15, 0.2) is 0 Å². The van der Waals surface area contributed by atoms with E-state index in [1.54, 1.807) is 7.11 Å². The van der Waals surface area contributed by atoms with Gasteiger partial charge in [-0.2, -0.15) is 0 Å². The molecule has 0 saturated carbocycles. The smallest absolute Gasteiger partial charge is 0.0825 e. The first-order chi connectivity index (χ1) is 5.31. The summed E-state index contributed by atoms with van der Waals surface area (Å²) in [5.41, 5.74) is 0. The minimum absolute atomic E-state index is 0.510. The highest BCUT2D eigenvalue weighted by atomic mass is 16.5. The molecule has 0 aromatic carbocycles. The fourth-order valence-electron chi connectivity index (χ4n) is 1.72. The number of hydrogen-bond acceptors (Lipinski definition) is 2. The minimum atomic E-state index is 0.510. The van der Waals surface area contributed by atoms with Gasteiger partial charge in [0.25, 0.3) is 0 Å². The SMILES string of the molecule is CCC(CC)N1CC(OC)C1. The van der Waals surface area contributed by atoms with Crippen molar-refractivity contribution in [2.75, 3.05) is 20.2 Å². The molecule has 1 rings (SSSR count). The van der Waals surface area contributed by atoms with Crippen molar-refractivity contribution in [2.24, 2.45) is 0 Å². The zero-order chi connectivity index (χ0) is 8.27. The maximum absolute atomic E-state index is 5.21. The lowest BCUT2D eigenvalue weighted by atomic mass is 10.0. The van der Waals surface area contributed by atoms with Crippen LogP contribution in [0.3, 0.4) is 0 Å². The largest absolute Gasteiger partial charge is 0.379 e. The summed E-state index contributed by atoms with van der Waals surface area (Å²) in [7, 11) is 1.80. The maximum Gasteiger partial charge on any atom is 0.0825 e. The zero-order valence-corrected chi connectivity index (χ0v) is 7.84. The molecular weight excluding hydrogens is 138 g/mol. The summed E-state index contributed by atoms with van der Waals surface area (Å²) < 4.78 is 5.21. The molecule has 1 saturated heterocycles. The Balaban J connectivity index is 2.19. The van der Waals surface area contributed by atoms with Crippen molar-refractivity contribution in [3.05, 3.63) is 0 Å². The summed E-state index contributed by atoms with van der Waals surface area (Å²) >= 11 is 0. The van der Waals surface area contributed by atoms with Crippen LogP contribution in [0, 0.1) is 0 Å². The Morgan fingerprint density at radius 3 is 2.27 bits per heavy atom. The molecule has 1 fully saturated rings. The number of nitrogens with zero attached hydrogens (tertiary/aromatic N) is 1. The third-order valence-electron chi connectivity index (χ3n) is 2.67. The first-order valence-corrected chi connectivity index (χ1v) is 4.58. The van der Waals surface area contributed by atoms with Gasteiger partial charge in [-0.25, -0.2) is 0 Å². The minimum Gasteiger partial charge on any atom is -0.379 e. The van der Waals surface area contributed by atoms with Crippen LogP contribution in [-0.2, 0) is 4.74 Å².